The Morgan fingerprint density at radius 2 is 1.41 bits per heavy atom. The van der Waals surface area contributed by atoms with Gasteiger partial charge in [-0.15, -0.1) is 0 Å². The van der Waals surface area contributed by atoms with E-state index in [0.717, 1.165) is 19.3 Å². The van der Waals surface area contributed by atoms with Gasteiger partial charge in [0.2, 0.25) is 0 Å². The summed E-state index contributed by atoms with van der Waals surface area (Å²) in [6.45, 7) is 4.98. The lowest BCUT2D eigenvalue weighted by atomic mass is 10.0. The summed E-state index contributed by atoms with van der Waals surface area (Å²) in [5, 5.41) is 0. The smallest absolute Gasteiger partial charge is 0.435 e. The van der Waals surface area contributed by atoms with Crippen LogP contribution in [0.1, 0.15) is 84.5 Å². The molecule has 2 unspecified atom stereocenters. The molecule has 2 atom stereocenters. The predicted octanol–water partition coefficient (Wildman–Crippen LogP) is 5.93. The fraction of sp³-hybridized carbons (Fsp3) is 0.957. The van der Waals surface area contributed by atoms with Gasteiger partial charge in [0.15, 0.2) is 0 Å². The van der Waals surface area contributed by atoms with Gasteiger partial charge in [0.25, 0.3) is 0 Å². The van der Waals surface area contributed by atoms with Crippen LogP contribution in [0.25, 0.3) is 0 Å². The molecule has 0 radical (unpaired) electrons. The van der Waals surface area contributed by atoms with Crippen molar-refractivity contribution in [1.29, 1.82) is 0 Å². The molecule has 0 heterocycles. The van der Waals surface area contributed by atoms with Crippen molar-refractivity contribution in [2.45, 2.75) is 84.5 Å². The molecule has 0 aliphatic rings. The van der Waals surface area contributed by atoms with E-state index in [-0.39, 0.29) is 32.3 Å². The second-order valence-electron chi connectivity index (χ2n) is 9.44. The average molecular weight is 483 g/mol. The van der Waals surface area contributed by atoms with Gasteiger partial charge in [-0.2, -0.15) is 0 Å². The van der Waals surface area contributed by atoms with Gasteiger partial charge in [-0.1, -0.05) is 71.1 Å². The number of quaternary nitrogens is 1. The highest BCUT2D eigenvalue weighted by Crippen LogP contribution is 2.43. The number of hydrogen-bond acceptors (Lipinski definition) is 6. The Labute approximate surface area is 196 Å². The van der Waals surface area contributed by atoms with Crippen LogP contribution < -0.4 is 0 Å². The number of nitrogens with zero attached hydrogens (tertiary/aromatic N) is 1. The Bertz CT molecular complexity index is 511. The number of rotatable bonds is 21. The zero-order valence-corrected chi connectivity index (χ0v) is 22.1. The molecule has 0 aliphatic heterocycles. The molecule has 0 saturated heterocycles. The van der Waals surface area contributed by atoms with E-state index in [0.29, 0.717) is 11.0 Å². The molecule has 0 fully saturated rings. The van der Waals surface area contributed by atoms with Crippen molar-refractivity contribution in [3.05, 3.63) is 0 Å². The van der Waals surface area contributed by atoms with E-state index in [9.17, 15) is 14.3 Å². The van der Waals surface area contributed by atoms with Gasteiger partial charge in [0, 0.05) is 5.92 Å². The van der Waals surface area contributed by atoms with Crippen LogP contribution in [0.5, 0.6) is 0 Å². The van der Waals surface area contributed by atoms with Crippen molar-refractivity contribution in [2.24, 2.45) is 5.92 Å². The van der Waals surface area contributed by atoms with Crippen LogP contribution >= 0.6 is 7.82 Å². The highest BCUT2D eigenvalue weighted by molar-refractivity contribution is 7.47. The first-order valence-electron chi connectivity index (χ1n) is 12.3. The fourth-order valence-corrected chi connectivity index (χ4v) is 3.93. The van der Waals surface area contributed by atoms with E-state index in [2.05, 4.69) is 6.92 Å². The second kappa shape index (κ2) is 18.7. The van der Waals surface area contributed by atoms with E-state index in [4.69, 9.17) is 18.5 Å². The average Bonchev–Trinajstić information content (AvgIpc) is 2.69. The molecular weight excluding hydrogens is 433 g/mol. The zero-order valence-electron chi connectivity index (χ0n) is 21.2. The highest BCUT2D eigenvalue weighted by atomic mass is 31.2. The summed E-state index contributed by atoms with van der Waals surface area (Å²) in [6.07, 6.45) is 12.3. The van der Waals surface area contributed by atoms with Crippen LogP contribution in [-0.4, -0.2) is 69.6 Å². The Kier molecular flexibility index (Phi) is 18.3. The zero-order chi connectivity index (χ0) is 24.3. The predicted molar refractivity (Wildman–Crippen MR) is 128 cm³/mol. The first-order chi connectivity index (χ1) is 15.1. The molecule has 0 amide bonds. The van der Waals surface area contributed by atoms with Gasteiger partial charge in [-0.25, -0.2) is 9.36 Å². The van der Waals surface area contributed by atoms with Crippen LogP contribution in [-0.2, 0) is 23.1 Å². The fourth-order valence-electron chi connectivity index (χ4n) is 3.15. The molecule has 0 bridgehead atoms. The van der Waals surface area contributed by atoms with Gasteiger partial charge < -0.3 is 18.9 Å². The number of unbranched alkanes of at least 4 members (excludes halogenated alkanes) is 9. The number of carbonyl (C=O) groups is 1. The Morgan fingerprint density at radius 1 is 0.844 bits per heavy atom. The van der Waals surface area contributed by atoms with Gasteiger partial charge in [0.1, 0.15) is 13.2 Å². The van der Waals surface area contributed by atoms with Gasteiger partial charge in [-0.3, -0.25) is 9.05 Å². The lowest BCUT2D eigenvalue weighted by Gasteiger charge is -2.24. The van der Waals surface area contributed by atoms with Crippen molar-refractivity contribution in [3.63, 3.8) is 0 Å². The normalized spacial score (nSPS) is 14.7. The van der Waals surface area contributed by atoms with Crippen molar-refractivity contribution in [1.82, 2.24) is 0 Å². The highest BCUT2D eigenvalue weighted by Gasteiger charge is 2.25. The summed E-state index contributed by atoms with van der Waals surface area (Å²) in [4.78, 5) is 21.5. The van der Waals surface area contributed by atoms with Crippen LogP contribution in [0.3, 0.4) is 0 Å². The monoisotopic (exact) mass is 482 g/mol. The summed E-state index contributed by atoms with van der Waals surface area (Å²) >= 11 is 0. The quantitative estimate of drug-likeness (QED) is 0.0939. The van der Waals surface area contributed by atoms with Crippen LogP contribution in [0, 0.1) is 5.92 Å². The Morgan fingerprint density at radius 3 is 1.94 bits per heavy atom. The first kappa shape index (κ1) is 31.3. The van der Waals surface area contributed by atoms with Crippen molar-refractivity contribution < 1.29 is 37.3 Å². The summed E-state index contributed by atoms with van der Waals surface area (Å²) in [6, 6.07) is 0. The minimum atomic E-state index is -4.14. The number of likely N-dealkylation sites (N-methyl/N-ethyl adjacent to an activating group) is 1. The molecular formula is C23H49NO7P+. The van der Waals surface area contributed by atoms with E-state index in [1.807, 2.05) is 21.1 Å². The molecule has 0 aromatic rings. The molecule has 0 spiro atoms. The lowest BCUT2D eigenvalue weighted by Crippen LogP contribution is -2.37. The van der Waals surface area contributed by atoms with Crippen LogP contribution in [0.4, 0.5) is 4.79 Å². The SMILES string of the molecule is CCCCCCCCCCCCC(COC(=O)OCC)COP(=O)(O)OCC[N+](C)(C)C. The molecule has 1 N–H and O–H groups in total. The summed E-state index contributed by atoms with van der Waals surface area (Å²) < 4.78 is 33.0. The van der Waals surface area contributed by atoms with E-state index >= 15 is 0 Å². The molecule has 192 valence electrons. The third-order valence-corrected chi connectivity index (χ3v) is 6.14. The molecule has 0 aromatic heterocycles. The minimum Gasteiger partial charge on any atom is -0.435 e. The maximum Gasteiger partial charge on any atom is 0.508 e. The lowest BCUT2D eigenvalue weighted by molar-refractivity contribution is -0.870. The van der Waals surface area contributed by atoms with E-state index in [1.54, 1.807) is 6.92 Å². The summed E-state index contributed by atoms with van der Waals surface area (Å²) in [5.41, 5.74) is 0. The van der Waals surface area contributed by atoms with Crippen LogP contribution in [0.15, 0.2) is 0 Å². The molecule has 0 rings (SSSR count). The number of hydrogen-bond donors (Lipinski definition) is 1. The molecule has 0 aromatic carbocycles. The van der Waals surface area contributed by atoms with Crippen LogP contribution in [0.2, 0.25) is 0 Å². The molecule has 9 heteroatoms. The third-order valence-electron chi connectivity index (χ3n) is 5.15. The molecule has 8 nitrogen and oxygen atoms in total. The van der Waals surface area contributed by atoms with Crippen molar-refractivity contribution >= 4 is 14.0 Å². The molecule has 0 saturated carbocycles. The van der Waals surface area contributed by atoms with Gasteiger partial charge in [0.05, 0.1) is 41.0 Å². The number of carbonyl (C=O) groups excluding carboxylic acids is 1. The molecule has 32 heavy (non-hydrogen) atoms. The van der Waals surface area contributed by atoms with Crippen molar-refractivity contribution in [3.8, 4) is 0 Å². The third kappa shape index (κ3) is 21.2. The molecule has 0 aliphatic carbocycles. The second-order valence-corrected chi connectivity index (χ2v) is 10.9. The minimum absolute atomic E-state index is 0.00497. The van der Waals surface area contributed by atoms with Gasteiger partial charge in [-0.05, 0) is 13.3 Å². The number of ether oxygens (including phenoxy) is 2. The summed E-state index contributed by atoms with van der Waals surface area (Å²) in [7, 11) is 1.78. The maximum atomic E-state index is 12.2. The van der Waals surface area contributed by atoms with Crippen molar-refractivity contribution in [2.75, 3.05) is 54.1 Å². The number of phosphoric ester groups is 1. The largest absolute Gasteiger partial charge is 0.508 e. The van der Waals surface area contributed by atoms with E-state index in [1.165, 1.54) is 51.4 Å². The van der Waals surface area contributed by atoms with Gasteiger partial charge >= 0.3 is 14.0 Å². The Balaban J connectivity index is 4.26. The maximum absolute atomic E-state index is 12.2. The standard InChI is InChI=1S/C23H48NO7P/c1-6-8-9-10-11-12-13-14-15-16-17-22(20-29-23(25)28-7-2)21-31-32(26,27)30-19-18-24(3,4)5/h22H,6-21H2,1-5H3/p+1. The topological polar surface area (TPSA) is 91.3 Å². The first-order valence-corrected chi connectivity index (χ1v) is 13.8. The summed E-state index contributed by atoms with van der Waals surface area (Å²) in [5.74, 6) is -0.184. The van der Waals surface area contributed by atoms with E-state index < -0.39 is 14.0 Å². The Hall–Kier alpha value is -0.660. The number of phosphoric acid groups is 1.